The number of amides is 2. The number of ether oxygens (including phenoxy) is 2. The van der Waals surface area contributed by atoms with Crippen molar-refractivity contribution >= 4 is 12.0 Å². The third-order valence-corrected chi connectivity index (χ3v) is 3.23. The Labute approximate surface area is 143 Å². The fraction of sp³-hybridized carbons (Fsp3) is 0.688. The zero-order valence-electron chi connectivity index (χ0n) is 14.8. The molecule has 1 N–H and O–H groups in total. The van der Waals surface area contributed by atoms with Crippen molar-refractivity contribution in [1.29, 1.82) is 5.26 Å². The van der Waals surface area contributed by atoms with Gasteiger partial charge in [-0.3, -0.25) is 4.79 Å². The van der Waals surface area contributed by atoms with Gasteiger partial charge < -0.3 is 24.6 Å². The number of hydrogen-bond donors (Lipinski definition) is 1. The van der Waals surface area contributed by atoms with Gasteiger partial charge in [0.25, 0.3) is 5.91 Å². The monoisotopic (exact) mass is 338 g/mol. The maximum absolute atomic E-state index is 12.0. The SMILES string of the molecule is COCCNC(=O)/C(C#N)=C\N1CCN(C(=O)OC(C)(C)C)CC1. The summed E-state index contributed by atoms with van der Waals surface area (Å²) in [6.45, 7) is 8.25. The number of carbonyl (C=O) groups is 2. The lowest BCUT2D eigenvalue weighted by Gasteiger charge is -2.35. The van der Waals surface area contributed by atoms with Crippen LogP contribution in [0, 0.1) is 11.3 Å². The zero-order valence-corrected chi connectivity index (χ0v) is 14.8. The molecule has 0 unspecified atom stereocenters. The minimum absolute atomic E-state index is 0.0387. The minimum atomic E-state index is -0.525. The van der Waals surface area contributed by atoms with Gasteiger partial charge in [-0.05, 0) is 20.8 Å². The number of piperazine rings is 1. The van der Waals surface area contributed by atoms with Gasteiger partial charge in [-0.1, -0.05) is 0 Å². The summed E-state index contributed by atoms with van der Waals surface area (Å²) in [5.41, 5.74) is -0.487. The maximum Gasteiger partial charge on any atom is 0.410 e. The molecule has 0 saturated carbocycles. The van der Waals surface area contributed by atoms with Crippen molar-refractivity contribution in [2.75, 3.05) is 46.4 Å². The van der Waals surface area contributed by atoms with Crippen LogP contribution in [0.2, 0.25) is 0 Å². The molecular formula is C16H26N4O4. The highest BCUT2D eigenvalue weighted by molar-refractivity contribution is 5.97. The van der Waals surface area contributed by atoms with Gasteiger partial charge in [-0.25, -0.2) is 4.79 Å². The molecule has 8 nitrogen and oxygen atoms in total. The van der Waals surface area contributed by atoms with Crippen LogP contribution in [0.5, 0.6) is 0 Å². The Morgan fingerprint density at radius 2 is 1.88 bits per heavy atom. The highest BCUT2D eigenvalue weighted by atomic mass is 16.6. The fourth-order valence-corrected chi connectivity index (χ4v) is 2.04. The molecule has 0 aliphatic carbocycles. The first-order valence-electron chi connectivity index (χ1n) is 7.88. The lowest BCUT2D eigenvalue weighted by atomic mass is 10.2. The lowest BCUT2D eigenvalue weighted by molar-refractivity contribution is -0.117. The summed E-state index contributed by atoms with van der Waals surface area (Å²) < 4.78 is 10.2. The number of nitrogens with one attached hydrogen (secondary N) is 1. The van der Waals surface area contributed by atoms with E-state index in [0.29, 0.717) is 39.3 Å². The van der Waals surface area contributed by atoms with E-state index in [2.05, 4.69) is 5.32 Å². The van der Waals surface area contributed by atoms with Crippen molar-refractivity contribution in [3.05, 3.63) is 11.8 Å². The first-order valence-corrected chi connectivity index (χ1v) is 7.88. The van der Waals surface area contributed by atoms with Gasteiger partial charge in [0.15, 0.2) is 0 Å². The molecule has 1 aliphatic rings. The summed E-state index contributed by atoms with van der Waals surface area (Å²) in [5, 5.41) is 11.7. The first-order chi connectivity index (χ1) is 11.3. The van der Waals surface area contributed by atoms with Crippen molar-refractivity contribution in [3.8, 4) is 6.07 Å². The standard InChI is InChI=1S/C16H26N4O4/c1-16(2,3)24-15(22)20-8-6-19(7-9-20)12-13(11-17)14(21)18-5-10-23-4/h12H,5-10H2,1-4H3,(H,18,21)/b13-12-. The maximum atomic E-state index is 12.0. The Morgan fingerprint density at radius 1 is 1.25 bits per heavy atom. The Kier molecular flexibility index (Phi) is 7.52. The van der Waals surface area contributed by atoms with E-state index in [-0.39, 0.29) is 11.7 Å². The molecule has 0 aromatic heterocycles. The molecule has 8 heteroatoms. The predicted octanol–water partition coefficient (Wildman–Crippen LogP) is 0.709. The van der Waals surface area contributed by atoms with Crippen molar-refractivity contribution in [2.45, 2.75) is 26.4 Å². The van der Waals surface area contributed by atoms with Gasteiger partial charge in [-0.2, -0.15) is 5.26 Å². The normalized spacial score (nSPS) is 15.7. The molecule has 1 saturated heterocycles. The van der Waals surface area contributed by atoms with Crippen molar-refractivity contribution in [1.82, 2.24) is 15.1 Å². The molecule has 1 rings (SSSR count). The first kappa shape index (κ1) is 19.8. The van der Waals surface area contributed by atoms with Crippen LogP contribution in [0.1, 0.15) is 20.8 Å². The summed E-state index contributed by atoms with van der Waals surface area (Å²) >= 11 is 0. The summed E-state index contributed by atoms with van der Waals surface area (Å²) in [7, 11) is 1.54. The number of methoxy groups -OCH3 is 1. The molecule has 24 heavy (non-hydrogen) atoms. The Hall–Kier alpha value is -2.27. The fourth-order valence-electron chi connectivity index (χ4n) is 2.04. The lowest BCUT2D eigenvalue weighted by Crippen LogP contribution is -2.48. The Bertz CT molecular complexity index is 511. The molecule has 0 radical (unpaired) electrons. The van der Waals surface area contributed by atoms with Crippen LogP contribution in [0.4, 0.5) is 4.79 Å². The van der Waals surface area contributed by atoms with Crippen LogP contribution in [-0.4, -0.2) is 73.8 Å². The summed E-state index contributed by atoms with van der Waals surface area (Å²) in [5.74, 6) is -0.427. The molecule has 0 bridgehead atoms. The van der Waals surface area contributed by atoms with Crippen LogP contribution in [0.15, 0.2) is 11.8 Å². The van der Waals surface area contributed by atoms with E-state index in [1.165, 1.54) is 13.3 Å². The van der Waals surface area contributed by atoms with Crippen LogP contribution in [0.3, 0.4) is 0 Å². The summed E-state index contributed by atoms with van der Waals surface area (Å²) in [4.78, 5) is 27.4. The molecule has 1 fully saturated rings. The van der Waals surface area contributed by atoms with E-state index < -0.39 is 11.5 Å². The number of rotatable bonds is 5. The highest BCUT2D eigenvalue weighted by Gasteiger charge is 2.25. The summed E-state index contributed by atoms with van der Waals surface area (Å²) in [6.07, 6.45) is 1.19. The van der Waals surface area contributed by atoms with E-state index in [4.69, 9.17) is 14.7 Å². The third-order valence-electron chi connectivity index (χ3n) is 3.23. The van der Waals surface area contributed by atoms with Gasteiger partial charge in [0.05, 0.1) is 6.61 Å². The highest BCUT2D eigenvalue weighted by Crippen LogP contribution is 2.12. The van der Waals surface area contributed by atoms with E-state index in [0.717, 1.165) is 0 Å². The molecule has 0 aromatic carbocycles. The smallest absolute Gasteiger partial charge is 0.410 e. The minimum Gasteiger partial charge on any atom is -0.444 e. The van der Waals surface area contributed by atoms with Crippen LogP contribution in [0.25, 0.3) is 0 Å². The van der Waals surface area contributed by atoms with Crippen molar-refractivity contribution in [3.63, 3.8) is 0 Å². The number of nitrogens with zero attached hydrogens (tertiary/aromatic N) is 3. The molecular weight excluding hydrogens is 312 g/mol. The van der Waals surface area contributed by atoms with E-state index in [1.54, 1.807) is 4.90 Å². The summed E-state index contributed by atoms with van der Waals surface area (Å²) in [6, 6.07) is 1.90. The zero-order chi connectivity index (χ0) is 18.2. The predicted molar refractivity (Wildman–Crippen MR) is 88.0 cm³/mol. The molecule has 0 aromatic rings. The third kappa shape index (κ3) is 6.87. The second kappa shape index (κ2) is 9.13. The van der Waals surface area contributed by atoms with E-state index in [1.807, 2.05) is 31.7 Å². The van der Waals surface area contributed by atoms with Gasteiger partial charge >= 0.3 is 6.09 Å². The van der Waals surface area contributed by atoms with Crippen LogP contribution < -0.4 is 5.32 Å². The number of nitriles is 1. The quantitative estimate of drug-likeness (QED) is 0.451. The molecule has 0 atom stereocenters. The number of carbonyl (C=O) groups excluding carboxylic acids is 2. The Balaban J connectivity index is 2.52. The molecule has 0 spiro atoms. The van der Waals surface area contributed by atoms with Crippen LogP contribution in [-0.2, 0) is 14.3 Å². The number of hydrogen-bond acceptors (Lipinski definition) is 6. The second-order valence-electron chi connectivity index (χ2n) is 6.41. The molecule has 2 amide bonds. The van der Waals surface area contributed by atoms with E-state index >= 15 is 0 Å². The van der Waals surface area contributed by atoms with Gasteiger partial charge in [0.2, 0.25) is 0 Å². The molecule has 1 aliphatic heterocycles. The second-order valence-corrected chi connectivity index (χ2v) is 6.41. The van der Waals surface area contributed by atoms with Gasteiger partial charge in [-0.15, -0.1) is 0 Å². The molecule has 1 heterocycles. The van der Waals surface area contributed by atoms with Gasteiger partial charge in [0, 0.05) is 46.0 Å². The molecule has 134 valence electrons. The average Bonchev–Trinajstić information content (AvgIpc) is 2.51. The van der Waals surface area contributed by atoms with Crippen LogP contribution >= 0.6 is 0 Å². The largest absolute Gasteiger partial charge is 0.444 e. The topological polar surface area (TPSA) is 94.9 Å². The van der Waals surface area contributed by atoms with Crippen molar-refractivity contribution < 1.29 is 19.1 Å². The van der Waals surface area contributed by atoms with Gasteiger partial charge in [0.1, 0.15) is 17.2 Å². The Morgan fingerprint density at radius 3 is 2.38 bits per heavy atom. The average molecular weight is 338 g/mol. The van der Waals surface area contributed by atoms with Crippen molar-refractivity contribution in [2.24, 2.45) is 0 Å². The van der Waals surface area contributed by atoms with E-state index in [9.17, 15) is 9.59 Å².